The van der Waals surface area contributed by atoms with Crippen LogP contribution in [0.4, 0.5) is 0 Å². The van der Waals surface area contributed by atoms with E-state index in [9.17, 15) is 0 Å². The smallest absolute Gasteiger partial charge is 0.0593 e. The maximum absolute atomic E-state index is 5.46. The number of nitrogens with one attached hydrogen (secondary N) is 1. The Labute approximate surface area is 132 Å². The molecule has 21 heavy (non-hydrogen) atoms. The third kappa shape index (κ3) is 16.0. The van der Waals surface area contributed by atoms with E-state index in [1.54, 1.807) is 0 Å². The molecular formula is C17H38N2O2. The maximum Gasteiger partial charge on any atom is 0.0593 e. The molecule has 0 saturated heterocycles. The van der Waals surface area contributed by atoms with Gasteiger partial charge in [0.05, 0.1) is 13.2 Å². The molecule has 0 aliphatic carbocycles. The Morgan fingerprint density at radius 3 is 1.90 bits per heavy atom. The molecule has 1 N–H and O–H groups in total. The zero-order valence-electron chi connectivity index (χ0n) is 14.7. The second kappa shape index (κ2) is 17.9. The lowest BCUT2D eigenvalue weighted by Gasteiger charge is -2.22. The van der Waals surface area contributed by atoms with E-state index in [4.69, 9.17) is 9.47 Å². The molecule has 0 bridgehead atoms. The molecule has 4 heteroatoms. The van der Waals surface area contributed by atoms with Gasteiger partial charge in [0.1, 0.15) is 0 Å². The van der Waals surface area contributed by atoms with E-state index in [2.05, 4.69) is 31.0 Å². The first-order valence-corrected chi connectivity index (χ1v) is 8.93. The Morgan fingerprint density at radius 1 is 0.714 bits per heavy atom. The molecule has 0 aromatic carbocycles. The van der Waals surface area contributed by atoms with Crippen LogP contribution in [0.25, 0.3) is 0 Å². The van der Waals surface area contributed by atoms with Gasteiger partial charge in [-0.3, -0.25) is 4.90 Å². The minimum Gasteiger partial charge on any atom is -0.380 e. The van der Waals surface area contributed by atoms with Gasteiger partial charge in [-0.25, -0.2) is 0 Å². The number of ether oxygens (including phenoxy) is 2. The van der Waals surface area contributed by atoms with Gasteiger partial charge in [0, 0.05) is 26.3 Å². The van der Waals surface area contributed by atoms with Crippen molar-refractivity contribution in [3.63, 3.8) is 0 Å². The molecular weight excluding hydrogens is 264 g/mol. The molecule has 0 rings (SSSR count). The van der Waals surface area contributed by atoms with Gasteiger partial charge in [-0.2, -0.15) is 0 Å². The van der Waals surface area contributed by atoms with Gasteiger partial charge in [0.15, 0.2) is 0 Å². The molecule has 0 unspecified atom stereocenters. The average Bonchev–Trinajstić information content (AvgIpc) is 2.49. The zero-order valence-corrected chi connectivity index (χ0v) is 14.7. The Balaban J connectivity index is 3.54. The van der Waals surface area contributed by atoms with E-state index in [1.165, 1.54) is 45.2 Å². The second-order valence-electron chi connectivity index (χ2n) is 5.40. The highest BCUT2D eigenvalue weighted by Crippen LogP contribution is 2.02. The van der Waals surface area contributed by atoms with Gasteiger partial charge in [-0.15, -0.1) is 0 Å². The average molecular weight is 303 g/mol. The van der Waals surface area contributed by atoms with Crippen molar-refractivity contribution in [1.29, 1.82) is 0 Å². The van der Waals surface area contributed by atoms with Crippen molar-refractivity contribution < 1.29 is 9.47 Å². The Kier molecular flexibility index (Phi) is 17.8. The molecule has 0 spiro atoms. The molecule has 0 fully saturated rings. The van der Waals surface area contributed by atoms with Crippen LogP contribution in [0.5, 0.6) is 0 Å². The van der Waals surface area contributed by atoms with Gasteiger partial charge in [-0.1, -0.05) is 19.8 Å². The summed E-state index contributed by atoms with van der Waals surface area (Å²) in [5, 5.41) is 3.46. The monoisotopic (exact) mass is 302 g/mol. The van der Waals surface area contributed by atoms with Crippen LogP contribution in [0.3, 0.4) is 0 Å². The largest absolute Gasteiger partial charge is 0.380 e. The summed E-state index contributed by atoms with van der Waals surface area (Å²) in [6.07, 6.45) is 6.48. The molecule has 128 valence electrons. The van der Waals surface area contributed by atoms with Crippen LogP contribution in [0.2, 0.25) is 0 Å². The van der Waals surface area contributed by atoms with Crippen molar-refractivity contribution in [1.82, 2.24) is 10.2 Å². The van der Waals surface area contributed by atoms with E-state index in [1.807, 2.05) is 0 Å². The minimum atomic E-state index is 0.810. The summed E-state index contributed by atoms with van der Waals surface area (Å²) in [7, 11) is 0. The predicted octanol–water partition coefficient (Wildman–Crippen LogP) is 2.92. The van der Waals surface area contributed by atoms with Crippen LogP contribution < -0.4 is 5.32 Å². The van der Waals surface area contributed by atoms with Crippen molar-refractivity contribution in [2.24, 2.45) is 0 Å². The van der Waals surface area contributed by atoms with Crippen molar-refractivity contribution in [2.45, 2.75) is 52.9 Å². The summed E-state index contributed by atoms with van der Waals surface area (Å²) in [6, 6.07) is 0. The molecule has 0 saturated carbocycles. The maximum atomic E-state index is 5.46. The van der Waals surface area contributed by atoms with E-state index in [0.717, 1.165) is 46.1 Å². The highest BCUT2D eigenvalue weighted by molar-refractivity contribution is 4.58. The third-order valence-electron chi connectivity index (χ3n) is 3.52. The van der Waals surface area contributed by atoms with Gasteiger partial charge in [0.2, 0.25) is 0 Å². The minimum absolute atomic E-state index is 0.810. The fourth-order valence-corrected chi connectivity index (χ4v) is 2.25. The summed E-state index contributed by atoms with van der Waals surface area (Å²) in [5.74, 6) is 0. The Morgan fingerprint density at radius 2 is 1.33 bits per heavy atom. The number of hydrogen-bond donors (Lipinski definition) is 1. The lowest BCUT2D eigenvalue weighted by atomic mass is 10.2. The van der Waals surface area contributed by atoms with Crippen LogP contribution in [0.15, 0.2) is 0 Å². The van der Waals surface area contributed by atoms with E-state index in [-0.39, 0.29) is 0 Å². The SMILES string of the molecule is CCCNCCCCCCN(CCOCC)CCOCC. The normalized spacial score (nSPS) is 11.4. The summed E-state index contributed by atoms with van der Waals surface area (Å²) >= 11 is 0. The molecule has 0 heterocycles. The number of hydrogen-bond acceptors (Lipinski definition) is 4. The molecule has 0 atom stereocenters. The lowest BCUT2D eigenvalue weighted by Crippen LogP contribution is -2.32. The zero-order chi connectivity index (χ0) is 15.6. The van der Waals surface area contributed by atoms with E-state index in [0.29, 0.717) is 0 Å². The number of nitrogens with zero attached hydrogens (tertiary/aromatic N) is 1. The molecule has 0 aromatic heterocycles. The Bertz CT molecular complexity index is 182. The molecule has 4 nitrogen and oxygen atoms in total. The predicted molar refractivity (Wildman–Crippen MR) is 91.1 cm³/mol. The third-order valence-corrected chi connectivity index (χ3v) is 3.52. The molecule has 0 radical (unpaired) electrons. The summed E-state index contributed by atoms with van der Waals surface area (Å²) in [4.78, 5) is 2.47. The molecule has 0 aliphatic heterocycles. The first-order valence-electron chi connectivity index (χ1n) is 8.93. The van der Waals surface area contributed by atoms with Gasteiger partial charge >= 0.3 is 0 Å². The summed E-state index contributed by atoms with van der Waals surface area (Å²) < 4.78 is 10.9. The van der Waals surface area contributed by atoms with Crippen molar-refractivity contribution in [2.75, 3.05) is 59.2 Å². The fourth-order valence-electron chi connectivity index (χ4n) is 2.25. The summed E-state index contributed by atoms with van der Waals surface area (Å²) in [5.41, 5.74) is 0. The molecule has 0 amide bonds. The van der Waals surface area contributed by atoms with E-state index < -0.39 is 0 Å². The Hall–Kier alpha value is -0.160. The van der Waals surface area contributed by atoms with Crippen LogP contribution in [0.1, 0.15) is 52.9 Å². The van der Waals surface area contributed by atoms with E-state index >= 15 is 0 Å². The fraction of sp³-hybridized carbons (Fsp3) is 1.00. The van der Waals surface area contributed by atoms with Crippen molar-refractivity contribution >= 4 is 0 Å². The lowest BCUT2D eigenvalue weighted by molar-refractivity contribution is 0.0820. The number of unbranched alkanes of at least 4 members (excludes halogenated alkanes) is 3. The van der Waals surface area contributed by atoms with Crippen molar-refractivity contribution in [3.05, 3.63) is 0 Å². The second-order valence-corrected chi connectivity index (χ2v) is 5.40. The highest BCUT2D eigenvalue weighted by Gasteiger charge is 2.04. The first kappa shape index (κ1) is 20.8. The van der Waals surface area contributed by atoms with Crippen LogP contribution >= 0.6 is 0 Å². The topological polar surface area (TPSA) is 33.7 Å². The molecule has 0 aliphatic rings. The van der Waals surface area contributed by atoms with Crippen LogP contribution in [-0.4, -0.2) is 64.1 Å². The number of rotatable bonds is 17. The van der Waals surface area contributed by atoms with Crippen LogP contribution in [0, 0.1) is 0 Å². The van der Waals surface area contributed by atoms with Gasteiger partial charge in [-0.05, 0) is 52.7 Å². The quantitative estimate of drug-likeness (QED) is 0.419. The first-order chi connectivity index (χ1) is 10.3. The van der Waals surface area contributed by atoms with Gasteiger partial charge in [0.25, 0.3) is 0 Å². The summed E-state index contributed by atoms with van der Waals surface area (Å²) in [6.45, 7) is 15.2. The molecule has 0 aromatic rings. The highest BCUT2D eigenvalue weighted by atomic mass is 16.5. The standard InChI is InChI=1S/C17H38N2O2/c1-4-11-18-12-9-7-8-10-13-19(14-16-20-5-2)15-17-21-6-3/h18H,4-17H2,1-3H3. The van der Waals surface area contributed by atoms with Gasteiger partial charge < -0.3 is 14.8 Å². The van der Waals surface area contributed by atoms with Crippen molar-refractivity contribution in [3.8, 4) is 0 Å². The van der Waals surface area contributed by atoms with Crippen LogP contribution in [-0.2, 0) is 9.47 Å².